The Morgan fingerprint density at radius 2 is 1.86 bits per heavy atom. The molecule has 1 saturated carbocycles. The Labute approximate surface area is 214 Å². The number of hydrogen-bond acceptors (Lipinski definition) is 7. The third-order valence-corrected chi connectivity index (χ3v) is 6.84. The first-order valence-corrected chi connectivity index (χ1v) is 11.9. The second-order valence-corrected chi connectivity index (χ2v) is 9.55. The minimum atomic E-state index is -4.43. The molecule has 2 fully saturated rings. The number of aliphatic hydroxyl groups excluding tert-OH is 1. The maximum absolute atomic E-state index is 15.5. The number of benzene rings is 1. The van der Waals surface area contributed by atoms with Gasteiger partial charge in [0.05, 0.1) is 27.4 Å². The number of nitrogens with one attached hydrogen (secondary N) is 1. The molecular weight excluding hydrogens is 490 g/mol. The number of hydrogen-bond donors (Lipinski definition) is 3. The van der Waals surface area contributed by atoms with Crippen molar-refractivity contribution in [1.82, 2.24) is 14.9 Å². The van der Waals surface area contributed by atoms with Crippen molar-refractivity contribution in [2.24, 2.45) is 11.7 Å². The number of amides is 1. The highest BCUT2D eigenvalue weighted by molar-refractivity contribution is 6.50. The molecule has 1 aliphatic heterocycles. The smallest absolute Gasteiger partial charge is 0.391 e. The molecular formula is C23H26B2F4N6O2. The van der Waals surface area contributed by atoms with Gasteiger partial charge in [0, 0.05) is 36.9 Å². The van der Waals surface area contributed by atoms with Crippen molar-refractivity contribution in [3.8, 4) is 0 Å². The Morgan fingerprint density at radius 3 is 2.43 bits per heavy atom. The van der Waals surface area contributed by atoms with E-state index in [2.05, 4.69) is 15.3 Å². The summed E-state index contributed by atoms with van der Waals surface area (Å²) in [5, 5.41) is 11.6. The Kier molecular flexibility index (Phi) is 7.70. The highest BCUT2D eigenvalue weighted by Crippen LogP contribution is 2.35. The lowest BCUT2D eigenvalue weighted by atomic mass is 9.59. The summed E-state index contributed by atoms with van der Waals surface area (Å²) in [5.41, 5.74) is 5.08. The van der Waals surface area contributed by atoms with Gasteiger partial charge in [-0.3, -0.25) is 4.79 Å². The monoisotopic (exact) mass is 516 g/mol. The predicted octanol–water partition coefficient (Wildman–Crippen LogP) is 1.37. The van der Waals surface area contributed by atoms with E-state index in [1.807, 2.05) is 0 Å². The standard InChI is InChI=1S/C23H26B2F4N6O2/c24-22(25,21(30)37)34-8-7-14(17(36)11-34)9-31-19-18(26)20(33-12-32-19)35(16-5-6-16)10-13-1-3-15(4-2-13)23(27,28)29/h1-4,12,14,16-17,36H,5-11H2,(H2,30,37)(H,31,32,33)/t14-,17+/m0/s1. The quantitative estimate of drug-likeness (QED) is 0.342. The van der Waals surface area contributed by atoms with Gasteiger partial charge in [-0.15, -0.1) is 0 Å². The minimum absolute atomic E-state index is 0.0162. The molecule has 194 valence electrons. The van der Waals surface area contributed by atoms with Crippen molar-refractivity contribution in [2.75, 3.05) is 29.9 Å². The number of aliphatic hydroxyl groups is 1. The van der Waals surface area contributed by atoms with Gasteiger partial charge < -0.3 is 26.0 Å². The first-order chi connectivity index (χ1) is 17.4. The van der Waals surface area contributed by atoms with Gasteiger partial charge in [0.25, 0.3) is 0 Å². The average molecular weight is 516 g/mol. The summed E-state index contributed by atoms with van der Waals surface area (Å²) in [7, 11) is 11.5. The summed E-state index contributed by atoms with van der Waals surface area (Å²) in [5.74, 6) is -1.91. The largest absolute Gasteiger partial charge is 0.416 e. The van der Waals surface area contributed by atoms with Gasteiger partial charge in [0.15, 0.2) is 11.6 Å². The molecule has 4 radical (unpaired) electrons. The van der Waals surface area contributed by atoms with E-state index in [-0.39, 0.29) is 43.2 Å². The van der Waals surface area contributed by atoms with Crippen LogP contribution in [0, 0.1) is 11.7 Å². The van der Waals surface area contributed by atoms with Crippen LogP contribution in [-0.2, 0) is 17.5 Å². The fourth-order valence-electron chi connectivity index (χ4n) is 4.38. The van der Waals surface area contributed by atoms with Crippen molar-refractivity contribution in [3.63, 3.8) is 0 Å². The second kappa shape index (κ2) is 10.5. The van der Waals surface area contributed by atoms with Crippen LogP contribution in [-0.4, -0.2) is 78.7 Å². The number of anilines is 2. The van der Waals surface area contributed by atoms with E-state index in [1.54, 1.807) is 4.90 Å². The van der Waals surface area contributed by atoms with E-state index in [4.69, 9.17) is 21.4 Å². The molecule has 2 aromatic rings. The summed E-state index contributed by atoms with van der Waals surface area (Å²) in [4.78, 5) is 22.7. The zero-order valence-electron chi connectivity index (χ0n) is 20.0. The van der Waals surface area contributed by atoms with Crippen LogP contribution in [0.4, 0.5) is 29.2 Å². The Balaban J connectivity index is 1.43. The Hall–Kier alpha value is -2.86. The number of piperidine rings is 1. The molecule has 14 heteroatoms. The first kappa shape index (κ1) is 27.2. The molecule has 8 nitrogen and oxygen atoms in total. The van der Waals surface area contributed by atoms with Gasteiger partial charge in [-0.05, 0) is 43.5 Å². The summed E-state index contributed by atoms with van der Waals surface area (Å²) in [6.07, 6.45) is -2.08. The number of likely N-dealkylation sites (tertiary alicyclic amines) is 1. The Morgan fingerprint density at radius 1 is 1.19 bits per heavy atom. The normalized spacial score (nSPS) is 21.0. The van der Waals surface area contributed by atoms with Gasteiger partial charge in [-0.1, -0.05) is 12.1 Å². The second-order valence-electron chi connectivity index (χ2n) is 9.55. The molecule has 1 aromatic carbocycles. The number of carbonyl (C=O) groups excluding carboxylic acids is 1. The molecule has 2 aliphatic rings. The number of primary amides is 1. The molecule has 1 aromatic heterocycles. The van der Waals surface area contributed by atoms with Gasteiger partial charge in [0.2, 0.25) is 11.7 Å². The zero-order valence-corrected chi connectivity index (χ0v) is 20.0. The number of nitrogens with two attached hydrogens (primary N) is 1. The lowest BCUT2D eigenvalue weighted by Gasteiger charge is -2.44. The van der Waals surface area contributed by atoms with E-state index in [0.29, 0.717) is 18.5 Å². The van der Waals surface area contributed by atoms with Gasteiger partial charge in [-0.25, -0.2) is 9.97 Å². The number of rotatable bonds is 9. The summed E-state index contributed by atoms with van der Waals surface area (Å²) < 4.78 is 54.1. The van der Waals surface area contributed by atoms with Crippen molar-refractivity contribution in [2.45, 2.75) is 49.5 Å². The van der Waals surface area contributed by atoms with Crippen LogP contribution < -0.4 is 16.0 Å². The van der Waals surface area contributed by atoms with Crippen LogP contribution in [0.15, 0.2) is 30.6 Å². The zero-order chi connectivity index (χ0) is 27.0. The molecule has 4 N–H and O–H groups in total. The number of carbonyl (C=O) groups is 1. The maximum atomic E-state index is 15.5. The molecule has 37 heavy (non-hydrogen) atoms. The van der Waals surface area contributed by atoms with E-state index < -0.39 is 34.9 Å². The molecule has 1 aliphatic carbocycles. The van der Waals surface area contributed by atoms with E-state index >= 15 is 4.39 Å². The molecule has 1 saturated heterocycles. The number of aromatic nitrogens is 2. The van der Waals surface area contributed by atoms with Gasteiger partial charge in [-0.2, -0.15) is 17.6 Å². The van der Waals surface area contributed by atoms with Crippen LogP contribution in [0.5, 0.6) is 0 Å². The molecule has 2 heterocycles. The summed E-state index contributed by atoms with van der Waals surface area (Å²) >= 11 is 0. The molecule has 2 atom stereocenters. The SMILES string of the molecule is [B]C([B])(C(N)=O)N1CC[C@@H](CNc2ncnc(N(Cc3ccc(C(F)(F)F)cc3)C3CC3)c2F)[C@H](O)C1. The lowest BCUT2D eigenvalue weighted by molar-refractivity contribution is -0.137. The molecule has 1 amide bonds. The first-order valence-electron chi connectivity index (χ1n) is 11.9. The van der Waals surface area contributed by atoms with Crippen LogP contribution in [0.3, 0.4) is 0 Å². The van der Waals surface area contributed by atoms with Crippen molar-refractivity contribution in [3.05, 3.63) is 47.5 Å². The number of nitrogens with zero attached hydrogens (tertiary/aromatic N) is 4. The summed E-state index contributed by atoms with van der Waals surface area (Å²) in [6, 6.07) is 4.77. The topological polar surface area (TPSA) is 108 Å². The fraction of sp³-hybridized carbons (Fsp3) is 0.522. The maximum Gasteiger partial charge on any atom is 0.416 e. The minimum Gasteiger partial charge on any atom is -0.391 e. The number of β-amino-alcohol motifs (C(OH)–C–C–N with tert-alkyl or cyclic N) is 1. The highest BCUT2D eigenvalue weighted by atomic mass is 19.4. The molecule has 4 rings (SSSR count). The third-order valence-electron chi connectivity index (χ3n) is 6.84. The van der Waals surface area contributed by atoms with E-state index in [0.717, 1.165) is 25.0 Å². The molecule has 0 spiro atoms. The van der Waals surface area contributed by atoms with E-state index in [1.165, 1.54) is 23.4 Å². The molecule has 0 bridgehead atoms. The summed E-state index contributed by atoms with van der Waals surface area (Å²) in [6.45, 7) is 0.693. The van der Waals surface area contributed by atoms with E-state index in [9.17, 15) is 23.1 Å². The third kappa shape index (κ3) is 6.17. The highest BCUT2D eigenvalue weighted by Gasteiger charge is 2.38. The predicted molar refractivity (Wildman–Crippen MR) is 130 cm³/mol. The number of alkyl halides is 3. The van der Waals surface area contributed by atoms with Crippen molar-refractivity contribution < 1.29 is 27.5 Å². The van der Waals surface area contributed by atoms with Crippen LogP contribution in [0.25, 0.3) is 0 Å². The fourth-order valence-corrected chi connectivity index (χ4v) is 4.38. The van der Waals surface area contributed by atoms with Crippen LogP contribution >= 0.6 is 0 Å². The molecule has 0 unspecified atom stereocenters. The lowest BCUT2D eigenvalue weighted by Crippen LogP contribution is -2.63. The van der Waals surface area contributed by atoms with Crippen LogP contribution in [0.1, 0.15) is 30.4 Å². The van der Waals surface area contributed by atoms with Crippen LogP contribution in [0.2, 0.25) is 0 Å². The Bertz CT molecular complexity index is 1120. The average Bonchev–Trinajstić information content (AvgIpc) is 3.68. The van der Waals surface area contributed by atoms with Crippen molar-refractivity contribution >= 4 is 33.2 Å². The van der Waals surface area contributed by atoms with Crippen molar-refractivity contribution in [1.29, 1.82) is 0 Å². The number of halogens is 4. The van der Waals surface area contributed by atoms with Gasteiger partial charge in [0.1, 0.15) is 6.33 Å². The van der Waals surface area contributed by atoms with Gasteiger partial charge >= 0.3 is 6.18 Å².